The molecule has 0 aliphatic rings. The minimum absolute atomic E-state index is 0.0679. The minimum atomic E-state index is -0.631. The molecule has 0 saturated heterocycles. The van der Waals surface area contributed by atoms with Crippen LogP contribution in [0, 0.1) is 0 Å². The summed E-state index contributed by atoms with van der Waals surface area (Å²) in [5, 5.41) is 9.30. The summed E-state index contributed by atoms with van der Waals surface area (Å²) in [5.41, 5.74) is 4.92. The SMILES string of the molecule is NC(=O)c1nn[nH]c1S. The van der Waals surface area contributed by atoms with Crippen molar-refractivity contribution >= 4 is 18.5 Å². The summed E-state index contributed by atoms with van der Waals surface area (Å²) in [4.78, 5) is 10.3. The summed E-state index contributed by atoms with van der Waals surface area (Å²) in [6.07, 6.45) is 0. The van der Waals surface area contributed by atoms with Gasteiger partial charge in [0.25, 0.3) is 5.91 Å². The van der Waals surface area contributed by atoms with Crippen LogP contribution in [0.2, 0.25) is 0 Å². The Balaban J connectivity index is 3.08. The van der Waals surface area contributed by atoms with Crippen molar-refractivity contribution in [2.75, 3.05) is 0 Å². The number of hydrogen-bond acceptors (Lipinski definition) is 4. The third-order valence-corrected chi connectivity index (χ3v) is 1.08. The van der Waals surface area contributed by atoms with E-state index in [1.807, 2.05) is 0 Å². The molecule has 1 aromatic rings. The Morgan fingerprint density at radius 1 is 1.78 bits per heavy atom. The molecule has 0 fully saturated rings. The average Bonchev–Trinajstić information content (AvgIpc) is 2.13. The molecule has 0 unspecified atom stereocenters. The molecule has 1 amide bonds. The lowest BCUT2D eigenvalue weighted by atomic mass is 10.5. The van der Waals surface area contributed by atoms with Crippen molar-refractivity contribution in [1.29, 1.82) is 0 Å². The van der Waals surface area contributed by atoms with E-state index in [0.717, 1.165) is 0 Å². The molecule has 6 heteroatoms. The van der Waals surface area contributed by atoms with Crippen molar-refractivity contribution < 1.29 is 4.79 Å². The highest BCUT2D eigenvalue weighted by molar-refractivity contribution is 7.80. The summed E-state index contributed by atoms with van der Waals surface area (Å²) in [6.45, 7) is 0. The molecule has 1 heterocycles. The van der Waals surface area contributed by atoms with Crippen LogP contribution in [0.25, 0.3) is 0 Å². The first kappa shape index (κ1) is 6.09. The molecule has 1 rings (SSSR count). The van der Waals surface area contributed by atoms with Gasteiger partial charge in [0.1, 0.15) is 5.03 Å². The lowest BCUT2D eigenvalue weighted by molar-refractivity contribution is 0.0992. The van der Waals surface area contributed by atoms with Crippen molar-refractivity contribution in [3.05, 3.63) is 5.69 Å². The molecule has 0 radical (unpaired) electrons. The minimum Gasteiger partial charge on any atom is -0.364 e. The van der Waals surface area contributed by atoms with Crippen LogP contribution < -0.4 is 5.73 Å². The van der Waals surface area contributed by atoms with Gasteiger partial charge in [0.2, 0.25) is 0 Å². The first-order valence-corrected chi connectivity index (χ1v) is 2.56. The van der Waals surface area contributed by atoms with Gasteiger partial charge in [-0.15, -0.1) is 17.7 Å². The predicted molar refractivity (Wildman–Crippen MR) is 32.2 cm³/mol. The van der Waals surface area contributed by atoms with E-state index in [4.69, 9.17) is 5.73 Å². The van der Waals surface area contributed by atoms with Crippen molar-refractivity contribution in [1.82, 2.24) is 15.4 Å². The van der Waals surface area contributed by atoms with Crippen molar-refractivity contribution in [2.45, 2.75) is 5.03 Å². The number of carbonyl (C=O) groups is 1. The van der Waals surface area contributed by atoms with Crippen LogP contribution in [0.15, 0.2) is 5.03 Å². The summed E-state index contributed by atoms with van der Waals surface area (Å²) >= 11 is 3.81. The highest BCUT2D eigenvalue weighted by Gasteiger charge is 2.07. The number of H-pyrrole nitrogens is 1. The maximum atomic E-state index is 10.3. The first-order valence-electron chi connectivity index (χ1n) is 2.11. The lowest BCUT2D eigenvalue weighted by Crippen LogP contribution is -2.12. The quantitative estimate of drug-likeness (QED) is 0.451. The van der Waals surface area contributed by atoms with Crippen LogP contribution in [0.5, 0.6) is 0 Å². The van der Waals surface area contributed by atoms with Crippen molar-refractivity contribution in [2.24, 2.45) is 5.73 Å². The molecule has 0 aliphatic carbocycles. The number of nitrogens with one attached hydrogen (secondary N) is 1. The second-order valence-corrected chi connectivity index (χ2v) is 1.82. The highest BCUT2D eigenvalue weighted by atomic mass is 32.1. The highest BCUT2D eigenvalue weighted by Crippen LogP contribution is 2.02. The van der Waals surface area contributed by atoms with Gasteiger partial charge in [-0.1, -0.05) is 5.21 Å². The lowest BCUT2D eigenvalue weighted by Gasteiger charge is -1.83. The Morgan fingerprint density at radius 3 is 2.67 bits per heavy atom. The van der Waals surface area contributed by atoms with Crippen LogP contribution in [-0.4, -0.2) is 21.3 Å². The van der Waals surface area contributed by atoms with Gasteiger partial charge in [0.15, 0.2) is 5.69 Å². The summed E-state index contributed by atoms with van der Waals surface area (Å²) in [6, 6.07) is 0. The fourth-order valence-corrected chi connectivity index (χ4v) is 0.588. The topological polar surface area (TPSA) is 84.7 Å². The molecule has 0 saturated carbocycles. The maximum absolute atomic E-state index is 10.3. The average molecular weight is 144 g/mol. The molecule has 0 aromatic carbocycles. The van der Waals surface area contributed by atoms with Crippen LogP contribution in [0.3, 0.4) is 0 Å². The molecule has 9 heavy (non-hydrogen) atoms. The zero-order valence-corrected chi connectivity index (χ0v) is 5.22. The number of thiol groups is 1. The van der Waals surface area contributed by atoms with Gasteiger partial charge < -0.3 is 5.73 Å². The number of aromatic amines is 1. The number of nitrogens with zero attached hydrogens (tertiary/aromatic N) is 2. The molecule has 0 aliphatic heterocycles. The number of aromatic nitrogens is 3. The molecule has 48 valence electrons. The third kappa shape index (κ3) is 1.02. The smallest absolute Gasteiger partial charge is 0.272 e. The van der Waals surface area contributed by atoms with Gasteiger partial charge >= 0.3 is 0 Å². The van der Waals surface area contributed by atoms with Gasteiger partial charge in [0.05, 0.1) is 0 Å². The van der Waals surface area contributed by atoms with E-state index in [1.54, 1.807) is 0 Å². The Kier molecular flexibility index (Phi) is 1.39. The number of rotatable bonds is 1. The number of carbonyl (C=O) groups excluding carboxylic acids is 1. The van der Waals surface area contributed by atoms with Crippen molar-refractivity contribution in [3.63, 3.8) is 0 Å². The van der Waals surface area contributed by atoms with E-state index in [2.05, 4.69) is 28.0 Å². The zero-order chi connectivity index (χ0) is 6.85. The molecule has 5 nitrogen and oxygen atoms in total. The summed E-state index contributed by atoms with van der Waals surface area (Å²) in [5.74, 6) is -0.631. The second kappa shape index (κ2) is 2.06. The normalized spacial score (nSPS) is 9.44. The first-order chi connectivity index (χ1) is 4.22. The van der Waals surface area contributed by atoms with E-state index in [-0.39, 0.29) is 5.69 Å². The molecule has 1 aromatic heterocycles. The van der Waals surface area contributed by atoms with Crippen LogP contribution in [-0.2, 0) is 0 Å². The van der Waals surface area contributed by atoms with Gasteiger partial charge in [-0.25, -0.2) is 0 Å². The molecule has 3 N–H and O–H groups in total. The van der Waals surface area contributed by atoms with E-state index in [0.29, 0.717) is 5.03 Å². The molecule has 0 bridgehead atoms. The van der Waals surface area contributed by atoms with Crippen LogP contribution in [0.1, 0.15) is 10.5 Å². The van der Waals surface area contributed by atoms with Gasteiger partial charge in [-0.2, -0.15) is 0 Å². The van der Waals surface area contributed by atoms with E-state index < -0.39 is 5.91 Å². The molecular formula is C3H4N4OS. The maximum Gasteiger partial charge on any atom is 0.272 e. The third-order valence-electron chi connectivity index (χ3n) is 0.764. The standard InChI is InChI=1S/C3H4N4OS/c4-2(8)1-3(9)6-7-5-1/h(H2,4,8)(H2,5,6,7,9). The second-order valence-electron chi connectivity index (χ2n) is 1.37. The zero-order valence-electron chi connectivity index (χ0n) is 4.33. The Labute approximate surface area is 56.0 Å². The van der Waals surface area contributed by atoms with E-state index in [9.17, 15) is 4.79 Å². The van der Waals surface area contributed by atoms with Crippen LogP contribution >= 0.6 is 12.6 Å². The van der Waals surface area contributed by atoms with E-state index in [1.165, 1.54) is 0 Å². The predicted octanol–water partition coefficient (Wildman–Crippen LogP) is -0.808. The van der Waals surface area contributed by atoms with Gasteiger partial charge in [0, 0.05) is 0 Å². The summed E-state index contributed by atoms with van der Waals surface area (Å²) < 4.78 is 0. The van der Waals surface area contributed by atoms with Crippen LogP contribution in [0.4, 0.5) is 0 Å². The number of nitrogens with two attached hydrogens (primary N) is 1. The monoisotopic (exact) mass is 144 g/mol. The summed E-state index contributed by atoms with van der Waals surface area (Å²) in [7, 11) is 0. The fourth-order valence-electron chi connectivity index (χ4n) is 0.389. The molecule has 0 atom stereocenters. The van der Waals surface area contributed by atoms with Crippen molar-refractivity contribution in [3.8, 4) is 0 Å². The number of amides is 1. The van der Waals surface area contributed by atoms with Gasteiger partial charge in [-0.3, -0.25) is 9.89 Å². The number of primary amides is 1. The van der Waals surface area contributed by atoms with Gasteiger partial charge in [-0.05, 0) is 0 Å². The van der Waals surface area contributed by atoms with E-state index >= 15 is 0 Å². The molecular weight excluding hydrogens is 140 g/mol. The largest absolute Gasteiger partial charge is 0.364 e. The Bertz CT molecular complexity index is 231. The fraction of sp³-hybridized carbons (Fsp3) is 0. The Hall–Kier alpha value is -1.04. The molecule has 0 spiro atoms. The Morgan fingerprint density at radius 2 is 2.44 bits per heavy atom. The number of hydrogen-bond donors (Lipinski definition) is 3.